The Morgan fingerprint density at radius 2 is 0.907 bits per heavy atom. The van der Waals surface area contributed by atoms with E-state index in [1.165, 1.54) is 0 Å². The van der Waals surface area contributed by atoms with E-state index in [1.54, 1.807) is 0 Å². The standard InChI is InChI=1S/C26H36O17/c1-11(27)34-8-18-21(37-13(3)29)22(38-14(4)30)20(10-36-18)43-26-25(41-17(7)33)24(40-16(6)32)23(39-15(5)31)19(42-26)9-35-12(2)28/h18-26H,8-10H2,1-7H3. The third-order valence-electron chi connectivity index (χ3n) is 5.84. The highest BCUT2D eigenvalue weighted by Crippen LogP contribution is 2.33. The van der Waals surface area contributed by atoms with Crippen molar-refractivity contribution in [2.24, 2.45) is 0 Å². The highest BCUT2D eigenvalue weighted by molar-refractivity contribution is 5.69. The third kappa shape index (κ3) is 11.1. The second-order valence-corrected chi connectivity index (χ2v) is 9.56. The molecule has 0 amide bonds. The van der Waals surface area contributed by atoms with E-state index < -0.39 is 104 Å². The fourth-order valence-electron chi connectivity index (χ4n) is 4.43. The number of hydrogen-bond acceptors (Lipinski definition) is 17. The van der Waals surface area contributed by atoms with Crippen molar-refractivity contribution >= 4 is 41.8 Å². The summed E-state index contributed by atoms with van der Waals surface area (Å²) in [5, 5.41) is 0. The summed E-state index contributed by atoms with van der Waals surface area (Å²) in [7, 11) is 0. The number of hydrogen-bond donors (Lipinski definition) is 0. The van der Waals surface area contributed by atoms with E-state index in [0.29, 0.717) is 0 Å². The normalized spacial score (nSPS) is 30.2. The van der Waals surface area contributed by atoms with Gasteiger partial charge in [0.2, 0.25) is 0 Å². The molecule has 9 unspecified atom stereocenters. The molecule has 0 aromatic rings. The fraction of sp³-hybridized carbons (Fsp3) is 0.731. The van der Waals surface area contributed by atoms with Crippen LogP contribution < -0.4 is 0 Å². The summed E-state index contributed by atoms with van der Waals surface area (Å²) in [6.45, 7) is 6.41. The van der Waals surface area contributed by atoms with E-state index in [4.69, 9.17) is 47.4 Å². The van der Waals surface area contributed by atoms with Gasteiger partial charge in [-0.1, -0.05) is 0 Å². The first kappa shape index (κ1) is 35.4. The monoisotopic (exact) mass is 620 g/mol. The average Bonchev–Trinajstić information content (AvgIpc) is 2.86. The molecule has 242 valence electrons. The lowest BCUT2D eigenvalue weighted by Gasteiger charge is -2.47. The van der Waals surface area contributed by atoms with Gasteiger partial charge in [0.25, 0.3) is 0 Å². The van der Waals surface area contributed by atoms with Gasteiger partial charge in [-0.15, -0.1) is 0 Å². The van der Waals surface area contributed by atoms with Crippen LogP contribution in [0, 0.1) is 0 Å². The quantitative estimate of drug-likeness (QED) is 0.206. The van der Waals surface area contributed by atoms with Crippen molar-refractivity contribution in [3.05, 3.63) is 0 Å². The zero-order valence-corrected chi connectivity index (χ0v) is 24.8. The fourth-order valence-corrected chi connectivity index (χ4v) is 4.43. The molecule has 2 aliphatic heterocycles. The van der Waals surface area contributed by atoms with Gasteiger partial charge in [0.15, 0.2) is 36.8 Å². The summed E-state index contributed by atoms with van der Waals surface area (Å²) in [6.07, 6.45) is -12.6. The minimum atomic E-state index is -1.64. The van der Waals surface area contributed by atoms with Crippen molar-refractivity contribution in [1.82, 2.24) is 0 Å². The van der Waals surface area contributed by atoms with Gasteiger partial charge < -0.3 is 47.4 Å². The predicted molar refractivity (Wildman–Crippen MR) is 134 cm³/mol. The van der Waals surface area contributed by atoms with E-state index in [9.17, 15) is 33.6 Å². The third-order valence-corrected chi connectivity index (χ3v) is 5.84. The summed E-state index contributed by atoms with van der Waals surface area (Å²) in [4.78, 5) is 83.2. The average molecular weight is 621 g/mol. The Hall–Kier alpha value is -3.83. The molecule has 0 aromatic heterocycles. The number of ether oxygens (including phenoxy) is 10. The molecule has 2 rings (SSSR count). The zero-order valence-electron chi connectivity index (χ0n) is 24.8. The largest absolute Gasteiger partial charge is 0.463 e. The van der Waals surface area contributed by atoms with Crippen LogP contribution in [0.5, 0.6) is 0 Å². The lowest BCUT2D eigenvalue weighted by Crippen LogP contribution is -2.65. The van der Waals surface area contributed by atoms with Crippen LogP contribution in [-0.4, -0.2) is 117 Å². The van der Waals surface area contributed by atoms with Gasteiger partial charge in [-0.25, -0.2) is 0 Å². The molecule has 2 aliphatic rings. The maximum atomic E-state index is 12.1. The second kappa shape index (κ2) is 16.1. The Balaban J connectivity index is 2.53. The SMILES string of the molecule is CC(=O)OCC1OCC(OC2OC(COC(C)=O)C(OC(C)=O)C(OC(C)=O)C2OC(C)=O)C(OC(C)=O)C1OC(C)=O. The number of carbonyl (C=O) groups is 7. The maximum absolute atomic E-state index is 12.1. The molecule has 0 aromatic carbocycles. The Labute approximate surface area is 246 Å². The van der Waals surface area contributed by atoms with Crippen molar-refractivity contribution in [3.63, 3.8) is 0 Å². The maximum Gasteiger partial charge on any atom is 0.303 e. The lowest BCUT2D eigenvalue weighted by atomic mass is 9.96. The summed E-state index contributed by atoms with van der Waals surface area (Å²) in [5.74, 6) is -5.49. The first-order chi connectivity index (χ1) is 20.1. The van der Waals surface area contributed by atoms with Crippen molar-refractivity contribution in [3.8, 4) is 0 Å². The zero-order chi connectivity index (χ0) is 32.4. The highest BCUT2D eigenvalue weighted by Gasteiger charge is 2.55. The molecule has 9 atom stereocenters. The molecule has 2 saturated heterocycles. The van der Waals surface area contributed by atoms with E-state index >= 15 is 0 Å². The summed E-state index contributed by atoms with van der Waals surface area (Å²) in [5.41, 5.74) is 0. The molecule has 0 spiro atoms. The van der Waals surface area contributed by atoms with Crippen molar-refractivity contribution in [2.75, 3.05) is 19.8 Å². The smallest absolute Gasteiger partial charge is 0.303 e. The van der Waals surface area contributed by atoms with Crippen LogP contribution in [-0.2, 0) is 80.9 Å². The van der Waals surface area contributed by atoms with Crippen molar-refractivity contribution < 1.29 is 80.9 Å². The number of rotatable bonds is 11. The lowest BCUT2D eigenvalue weighted by molar-refractivity contribution is -0.335. The van der Waals surface area contributed by atoms with Gasteiger partial charge in [0, 0.05) is 48.5 Å². The highest BCUT2D eigenvalue weighted by atomic mass is 16.8. The molecule has 0 bridgehead atoms. The van der Waals surface area contributed by atoms with Gasteiger partial charge in [-0.2, -0.15) is 0 Å². The summed E-state index contributed by atoms with van der Waals surface area (Å²) < 4.78 is 54.7. The van der Waals surface area contributed by atoms with Crippen LogP contribution in [0.3, 0.4) is 0 Å². The first-order valence-electron chi connectivity index (χ1n) is 13.1. The first-order valence-corrected chi connectivity index (χ1v) is 13.1. The molecule has 0 radical (unpaired) electrons. The topological polar surface area (TPSA) is 212 Å². The Bertz CT molecular complexity index is 1060. The molecule has 17 heteroatoms. The van der Waals surface area contributed by atoms with E-state index in [-0.39, 0.29) is 13.2 Å². The predicted octanol–water partition coefficient (Wildman–Crippen LogP) is -0.720. The molecule has 0 aliphatic carbocycles. The molecule has 0 N–H and O–H groups in total. The van der Waals surface area contributed by atoms with Crippen LogP contribution in [0.1, 0.15) is 48.5 Å². The summed E-state index contributed by atoms with van der Waals surface area (Å²) >= 11 is 0. The minimum absolute atomic E-state index is 0.353. The molecule has 2 fully saturated rings. The van der Waals surface area contributed by atoms with Gasteiger partial charge in [0.1, 0.15) is 31.5 Å². The van der Waals surface area contributed by atoms with Crippen LogP contribution in [0.4, 0.5) is 0 Å². The van der Waals surface area contributed by atoms with Gasteiger partial charge in [0.05, 0.1) is 6.61 Å². The summed E-state index contributed by atoms with van der Waals surface area (Å²) in [6, 6.07) is 0. The Kier molecular flexibility index (Phi) is 13.3. The van der Waals surface area contributed by atoms with Crippen LogP contribution >= 0.6 is 0 Å². The van der Waals surface area contributed by atoms with Crippen LogP contribution in [0.25, 0.3) is 0 Å². The number of carbonyl (C=O) groups excluding carboxylic acids is 7. The molecule has 43 heavy (non-hydrogen) atoms. The van der Waals surface area contributed by atoms with Gasteiger partial charge in [-0.05, 0) is 0 Å². The molecular weight excluding hydrogens is 584 g/mol. The van der Waals surface area contributed by atoms with Crippen LogP contribution in [0.2, 0.25) is 0 Å². The Morgan fingerprint density at radius 3 is 1.37 bits per heavy atom. The Morgan fingerprint density at radius 1 is 0.512 bits per heavy atom. The minimum Gasteiger partial charge on any atom is -0.463 e. The number of esters is 7. The van der Waals surface area contributed by atoms with E-state index in [0.717, 1.165) is 48.5 Å². The van der Waals surface area contributed by atoms with Crippen molar-refractivity contribution in [2.45, 2.75) is 104 Å². The van der Waals surface area contributed by atoms with Crippen molar-refractivity contribution in [1.29, 1.82) is 0 Å². The molecule has 2 heterocycles. The molecule has 0 saturated carbocycles. The van der Waals surface area contributed by atoms with E-state index in [1.807, 2.05) is 0 Å². The van der Waals surface area contributed by atoms with Gasteiger partial charge >= 0.3 is 41.8 Å². The van der Waals surface area contributed by atoms with Gasteiger partial charge in [-0.3, -0.25) is 33.6 Å². The second-order valence-electron chi connectivity index (χ2n) is 9.56. The van der Waals surface area contributed by atoms with Crippen LogP contribution in [0.15, 0.2) is 0 Å². The van der Waals surface area contributed by atoms with E-state index in [2.05, 4.69) is 0 Å². The molecular formula is C26H36O17. The molecule has 17 nitrogen and oxygen atoms in total.